The summed E-state index contributed by atoms with van der Waals surface area (Å²) in [5, 5.41) is 12.6. The lowest BCUT2D eigenvalue weighted by molar-refractivity contribution is 0.390. The number of hydrogen-bond acceptors (Lipinski definition) is 5. The van der Waals surface area contributed by atoms with Crippen molar-refractivity contribution in [3.63, 3.8) is 0 Å². The molecule has 1 N–H and O–H groups in total. The topological polar surface area (TPSA) is 96.0 Å². The Morgan fingerprint density at radius 2 is 2.06 bits per heavy atom. The zero-order valence-corrected chi connectivity index (χ0v) is 11.7. The molecule has 1 rings (SSSR count). The Labute approximate surface area is 107 Å². The molecule has 0 aliphatic carbocycles. The Bertz CT molecular complexity index is 535. The molecule has 0 spiro atoms. The van der Waals surface area contributed by atoms with Crippen LogP contribution in [0.5, 0.6) is 0 Å². The summed E-state index contributed by atoms with van der Waals surface area (Å²) in [6.07, 6.45) is 0.457. The van der Waals surface area contributed by atoms with Crippen molar-refractivity contribution in [3.8, 4) is 6.07 Å². The van der Waals surface area contributed by atoms with Gasteiger partial charge in [0, 0.05) is 0 Å². The van der Waals surface area contributed by atoms with Crippen molar-refractivity contribution in [1.29, 1.82) is 5.26 Å². The minimum Gasteiger partial charge on any atom is -0.360 e. The average Bonchev–Trinajstić information content (AvgIpc) is 2.56. The van der Waals surface area contributed by atoms with E-state index < -0.39 is 16.1 Å². The van der Waals surface area contributed by atoms with Gasteiger partial charge in [0.05, 0.1) is 6.07 Å². The van der Waals surface area contributed by atoms with Gasteiger partial charge in [-0.15, -0.1) is 0 Å². The lowest BCUT2D eigenvalue weighted by Gasteiger charge is -2.13. The molecule has 0 amide bonds. The molecule has 6 nitrogen and oxygen atoms in total. The van der Waals surface area contributed by atoms with Crippen LogP contribution in [0.4, 0.5) is 0 Å². The molecule has 7 heteroatoms. The standard InChI is InChI=1S/C11H17N3O3S/c1-7(2)5-10(6-12)14-18(15,16)11-8(3)13-17-9(11)4/h7,10,14H,5H2,1-4H3. The quantitative estimate of drug-likeness (QED) is 0.875. The smallest absolute Gasteiger partial charge is 0.247 e. The minimum absolute atomic E-state index is 0.0199. The molecule has 0 fully saturated rings. The molecular formula is C11H17N3O3S. The van der Waals surface area contributed by atoms with Gasteiger partial charge in [0.1, 0.15) is 16.6 Å². The first kappa shape index (κ1) is 14.7. The van der Waals surface area contributed by atoms with Crippen LogP contribution in [-0.2, 0) is 10.0 Å². The molecule has 0 aliphatic rings. The second kappa shape index (κ2) is 5.50. The van der Waals surface area contributed by atoms with E-state index in [2.05, 4.69) is 9.88 Å². The molecule has 0 aliphatic heterocycles. The SMILES string of the molecule is Cc1noc(C)c1S(=O)(=O)NC(C#N)CC(C)C. The van der Waals surface area contributed by atoms with E-state index in [1.165, 1.54) is 6.92 Å². The highest BCUT2D eigenvalue weighted by Crippen LogP contribution is 2.19. The van der Waals surface area contributed by atoms with Crippen LogP contribution >= 0.6 is 0 Å². The van der Waals surface area contributed by atoms with Gasteiger partial charge in [-0.1, -0.05) is 19.0 Å². The third kappa shape index (κ3) is 3.31. The summed E-state index contributed by atoms with van der Waals surface area (Å²) in [4.78, 5) is 0.0199. The molecule has 1 atom stereocenters. The van der Waals surface area contributed by atoms with Crippen molar-refractivity contribution in [2.24, 2.45) is 5.92 Å². The van der Waals surface area contributed by atoms with Crippen LogP contribution in [0.15, 0.2) is 9.42 Å². The van der Waals surface area contributed by atoms with Crippen molar-refractivity contribution in [3.05, 3.63) is 11.5 Å². The van der Waals surface area contributed by atoms with Crippen molar-refractivity contribution in [1.82, 2.24) is 9.88 Å². The summed E-state index contributed by atoms with van der Waals surface area (Å²) >= 11 is 0. The summed E-state index contributed by atoms with van der Waals surface area (Å²) in [7, 11) is -3.76. The third-order valence-corrected chi connectivity index (χ3v) is 4.11. The Balaban J connectivity index is 2.99. The molecule has 1 aromatic rings. The highest BCUT2D eigenvalue weighted by molar-refractivity contribution is 7.89. The van der Waals surface area contributed by atoms with Gasteiger partial charge < -0.3 is 4.52 Å². The van der Waals surface area contributed by atoms with E-state index in [9.17, 15) is 8.42 Å². The van der Waals surface area contributed by atoms with Crippen molar-refractivity contribution in [2.45, 2.75) is 45.1 Å². The van der Waals surface area contributed by atoms with Gasteiger partial charge in [0.2, 0.25) is 10.0 Å². The molecule has 0 aromatic carbocycles. The van der Waals surface area contributed by atoms with Gasteiger partial charge in [-0.3, -0.25) is 0 Å². The van der Waals surface area contributed by atoms with Crippen LogP contribution in [0.3, 0.4) is 0 Å². The van der Waals surface area contributed by atoms with Gasteiger partial charge in [-0.25, -0.2) is 8.42 Å². The number of hydrogen-bond donors (Lipinski definition) is 1. The van der Waals surface area contributed by atoms with Crippen LogP contribution in [0.25, 0.3) is 0 Å². The zero-order chi connectivity index (χ0) is 13.9. The fraction of sp³-hybridized carbons (Fsp3) is 0.636. The maximum Gasteiger partial charge on any atom is 0.247 e. The van der Waals surface area contributed by atoms with Gasteiger partial charge in [0.25, 0.3) is 0 Å². The number of nitriles is 1. The van der Waals surface area contributed by atoms with E-state index >= 15 is 0 Å². The number of sulfonamides is 1. The van der Waals surface area contributed by atoms with E-state index in [4.69, 9.17) is 9.78 Å². The van der Waals surface area contributed by atoms with Crippen molar-refractivity contribution >= 4 is 10.0 Å². The minimum atomic E-state index is -3.76. The number of aromatic nitrogens is 1. The lowest BCUT2D eigenvalue weighted by Crippen LogP contribution is -2.35. The van der Waals surface area contributed by atoms with Gasteiger partial charge in [0.15, 0.2) is 5.76 Å². The molecule has 18 heavy (non-hydrogen) atoms. The summed E-state index contributed by atoms with van der Waals surface area (Å²) in [5.74, 6) is 0.447. The Kier molecular flexibility index (Phi) is 4.48. The first-order valence-electron chi connectivity index (χ1n) is 5.62. The Morgan fingerprint density at radius 1 is 1.44 bits per heavy atom. The third-order valence-electron chi connectivity index (χ3n) is 2.40. The summed E-state index contributed by atoms with van der Waals surface area (Å²) < 4.78 is 31.4. The highest BCUT2D eigenvalue weighted by Gasteiger charge is 2.27. The second-order valence-electron chi connectivity index (χ2n) is 4.59. The monoisotopic (exact) mass is 271 g/mol. The van der Waals surface area contributed by atoms with Gasteiger partial charge in [-0.2, -0.15) is 9.98 Å². The molecule has 1 aromatic heterocycles. The molecule has 1 heterocycles. The molecule has 0 radical (unpaired) electrons. The largest absolute Gasteiger partial charge is 0.360 e. The Hall–Kier alpha value is -1.39. The van der Waals surface area contributed by atoms with Crippen molar-refractivity contribution < 1.29 is 12.9 Å². The van der Waals surface area contributed by atoms with Crippen molar-refractivity contribution in [2.75, 3.05) is 0 Å². The summed E-state index contributed by atoms with van der Waals surface area (Å²) in [5.41, 5.74) is 0.293. The number of nitrogens with zero attached hydrogens (tertiary/aromatic N) is 2. The summed E-state index contributed by atoms with van der Waals surface area (Å²) in [6.45, 7) is 6.93. The summed E-state index contributed by atoms with van der Waals surface area (Å²) in [6, 6.07) is 1.20. The maximum absolute atomic E-state index is 12.1. The Morgan fingerprint density at radius 3 is 2.44 bits per heavy atom. The van der Waals surface area contributed by atoms with Crippen LogP contribution in [0, 0.1) is 31.1 Å². The molecule has 100 valence electrons. The van der Waals surface area contributed by atoms with Gasteiger partial charge in [-0.05, 0) is 26.2 Å². The first-order valence-corrected chi connectivity index (χ1v) is 7.11. The van der Waals surface area contributed by atoms with Gasteiger partial charge >= 0.3 is 0 Å². The molecule has 0 bridgehead atoms. The van der Waals surface area contributed by atoms with E-state index in [1.54, 1.807) is 6.92 Å². The molecule has 1 unspecified atom stereocenters. The molecule has 0 saturated carbocycles. The molecule has 0 saturated heterocycles. The highest BCUT2D eigenvalue weighted by atomic mass is 32.2. The fourth-order valence-electron chi connectivity index (χ4n) is 1.70. The average molecular weight is 271 g/mol. The predicted octanol–water partition coefficient (Wildman–Crippen LogP) is 1.51. The van der Waals surface area contributed by atoms with Crippen LogP contribution < -0.4 is 4.72 Å². The number of aryl methyl sites for hydroxylation is 2. The van der Waals surface area contributed by atoms with Crippen LogP contribution in [-0.4, -0.2) is 19.6 Å². The normalized spacial score (nSPS) is 13.6. The second-order valence-corrected chi connectivity index (χ2v) is 6.24. The number of rotatable bonds is 5. The molecular weight excluding hydrogens is 254 g/mol. The van der Waals surface area contributed by atoms with E-state index in [1.807, 2.05) is 19.9 Å². The predicted molar refractivity (Wildman–Crippen MR) is 65.2 cm³/mol. The zero-order valence-electron chi connectivity index (χ0n) is 10.9. The number of nitrogens with one attached hydrogen (secondary N) is 1. The van der Waals surface area contributed by atoms with E-state index in [0.717, 1.165) is 0 Å². The maximum atomic E-state index is 12.1. The van der Waals surface area contributed by atoms with Crippen LogP contribution in [0.1, 0.15) is 31.7 Å². The fourth-order valence-corrected chi connectivity index (χ4v) is 3.19. The van der Waals surface area contributed by atoms with Crippen LogP contribution in [0.2, 0.25) is 0 Å². The lowest BCUT2D eigenvalue weighted by atomic mass is 10.1. The van der Waals surface area contributed by atoms with E-state index in [0.29, 0.717) is 12.1 Å². The first-order chi connectivity index (χ1) is 8.27. The van der Waals surface area contributed by atoms with E-state index in [-0.39, 0.29) is 16.6 Å².